The van der Waals surface area contributed by atoms with Crippen molar-refractivity contribution < 1.29 is 19.0 Å². The zero-order chi connectivity index (χ0) is 15.5. The summed E-state index contributed by atoms with van der Waals surface area (Å²) in [6, 6.07) is 7.30. The summed E-state index contributed by atoms with van der Waals surface area (Å²) in [7, 11) is 2.00. The van der Waals surface area contributed by atoms with Gasteiger partial charge in [-0.15, -0.1) is 0 Å². The highest BCUT2D eigenvalue weighted by Gasteiger charge is 2.28. The summed E-state index contributed by atoms with van der Waals surface area (Å²) < 4.78 is 16.4. The highest BCUT2D eigenvalue weighted by Crippen LogP contribution is 2.31. The van der Waals surface area contributed by atoms with E-state index in [1.54, 1.807) is 6.07 Å². The van der Waals surface area contributed by atoms with E-state index in [1.165, 1.54) is 0 Å². The summed E-state index contributed by atoms with van der Waals surface area (Å²) in [5.74, 6) is 0.860. The molecule has 0 saturated carbocycles. The number of hydrogen-bond donors (Lipinski definition) is 0. The van der Waals surface area contributed by atoms with E-state index < -0.39 is 6.10 Å². The number of carbonyl (C=O) groups excluding carboxylic acids is 1. The Morgan fingerprint density at radius 3 is 2.67 bits per heavy atom. The SMILES string of the molecule is CN(CCOC(=O)[C@H]1COc2ccccc2O1)C(C)(C)C. The fourth-order valence-electron chi connectivity index (χ4n) is 1.85. The lowest BCUT2D eigenvalue weighted by Gasteiger charge is -2.31. The summed E-state index contributed by atoms with van der Waals surface area (Å²) in [6.07, 6.45) is -0.695. The molecule has 1 aromatic rings. The summed E-state index contributed by atoms with van der Waals surface area (Å²) in [6.45, 7) is 7.55. The molecule has 1 aliphatic heterocycles. The molecule has 0 saturated heterocycles. The third kappa shape index (κ3) is 4.11. The average Bonchev–Trinajstić information content (AvgIpc) is 2.45. The lowest BCUT2D eigenvalue weighted by molar-refractivity contribution is -0.155. The Hall–Kier alpha value is -1.75. The molecule has 116 valence electrons. The van der Waals surface area contributed by atoms with Gasteiger partial charge in [-0.1, -0.05) is 12.1 Å². The van der Waals surface area contributed by atoms with Crippen LogP contribution in [-0.2, 0) is 9.53 Å². The number of esters is 1. The average molecular weight is 293 g/mol. The van der Waals surface area contributed by atoms with Crippen molar-refractivity contribution in [2.45, 2.75) is 32.4 Å². The Morgan fingerprint density at radius 2 is 2.00 bits per heavy atom. The van der Waals surface area contributed by atoms with Gasteiger partial charge in [-0.05, 0) is 40.0 Å². The van der Waals surface area contributed by atoms with E-state index in [4.69, 9.17) is 14.2 Å². The maximum absolute atomic E-state index is 12.0. The van der Waals surface area contributed by atoms with Gasteiger partial charge in [0.1, 0.15) is 13.2 Å². The summed E-state index contributed by atoms with van der Waals surface area (Å²) in [5.41, 5.74) is 0.0514. The normalized spacial score (nSPS) is 17.7. The molecule has 0 aliphatic carbocycles. The Kier molecular flexibility index (Phi) is 4.73. The van der Waals surface area contributed by atoms with Gasteiger partial charge in [0.05, 0.1) is 0 Å². The van der Waals surface area contributed by atoms with Crippen molar-refractivity contribution in [3.63, 3.8) is 0 Å². The summed E-state index contributed by atoms with van der Waals surface area (Å²) >= 11 is 0. The fourth-order valence-corrected chi connectivity index (χ4v) is 1.85. The van der Waals surface area contributed by atoms with Crippen LogP contribution in [0.15, 0.2) is 24.3 Å². The van der Waals surface area contributed by atoms with Crippen LogP contribution in [0.25, 0.3) is 0 Å². The van der Waals surface area contributed by atoms with E-state index in [0.29, 0.717) is 24.7 Å². The van der Waals surface area contributed by atoms with E-state index in [9.17, 15) is 4.79 Å². The van der Waals surface area contributed by atoms with Crippen LogP contribution in [0.3, 0.4) is 0 Å². The lowest BCUT2D eigenvalue weighted by Crippen LogP contribution is -2.42. The molecule has 1 aromatic carbocycles. The Morgan fingerprint density at radius 1 is 1.33 bits per heavy atom. The zero-order valence-corrected chi connectivity index (χ0v) is 13.1. The molecule has 0 radical (unpaired) electrons. The molecule has 0 bridgehead atoms. The van der Waals surface area contributed by atoms with Crippen LogP contribution in [0.5, 0.6) is 11.5 Å². The van der Waals surface area contributed by atoms with Crippen molar-refractivity contribution in [1.82, 2.24) is 4.90 Å². The quantitative estimate of drug-likeness (QED) is 0.796. The van der Waals surface area contributed by atoms with Gasteiger partial charge in [-0.3, -0.25) is 4.90 Å². The molecule has 5 nitrogen and oxygen atoms in total. The predicted octanol–water partition coefficient (Wildman–Crippen LogP) is 2.10. The second-order valence-electron chi connectivity index (χ2n) is 6.12. The molecule has 5 heteroatoms. The number of benzene rings is 1. The first kappa shape index (κ1) is 15.6. The van der Waals surface area contributed by atoms with Crippen LogP contribution in [0.4, 0.5) is 0 Å². The van der Waals surface area contributed by atoms with Gasteiger partial charge >= 0.3 is 5.97 Å². The van der Waals surface area contributed by atoms with E-state index in [0.717, 1.165) is 0 Å². The minimum Gasteiger partial charge on any atom is -0.485 e. The molecule has 1 atom stereocenters. The van der Waals surface area contributed by atoms with Gasteiger partial charge in [0.2, 0.25) is 6.10 Å². The minimum atomic E-state index is -0.695. The maximum Gasteiger partial charge on any atom is 0.351 e. The monoisotopic (exact) mass is 293 g/mol. The van der Waals surface area contributed by atoms with Gasteiger partial charge in [0, 0.05) is 12.1 Å². The van der Waals surface area contributed by atoms with Gasteiger partial charge in [-0.2, -0.15) is 0 Å². The van der Waals surface area contributed by atoms with Gasteiger partial charge in [-0.25, -0.2) is 4.79 Å². The first-order chi connectivity index (χ1) is 9.88. The number of nitrogens with zero attached hydrogens (tertiary/aromatic N) is 1. The van der Waals surface area contributed by atoms with Gasteiger partial charge in [0.25, 0.3) is 0 Å². The number of likely N-dealkylation sites (N-methyl/N-ethyl adjacent to an activating group) is 1. The van der Waals surface area contributed by atoms with Crippen molar-refractivity contribution in [3.8, 4) is 11.5 Å². The van der Waals surface area contributed by atoms with Crippen LogP contribution in [-0.4, -0.2) is 49.3 Å². The third-order valence-electron chi connectivity index (χ3n) is 3.59. The van der Waals surface area contributed by atoms with E-state index >= 15 is 0 Å². The van der Waals surface area contributed by atoms with Crippen molar-refractivity contribution in [2.75, 3.05) is 26.8 Å². The van der Waals surface area contributed by atoms with Crippen LogP contribution < -0.4 is 9.47 Å². The fraction of sp³-hybridized carbons (Fsp3) is 0.562. The van der Waals surface area contributed by atoms with Crippen LogP contribution in [0, 0.1) is 0 Å². The first-order valence-electron chi connectivity index (χ1n) is 7.14. The molecule has 0 amide bonds. The molecule has 1 heterocycles. The van der Waals surface area contributed by atoms with Gasteiger partial charge in [0.15, 0.2) is 11.5 Å². The molecule has 0 fully saturated rings. The highest BCUT2D eigenvalue weighted by atomic mass is 16.6. The number of hydrogen-bond acceptors (Lipinski definition) is 5. The van der Waals surface area contributed by atoms with Crippen molar-refractivity contribution >= 4 is 5.97 Å². The molecular formula is C16H23NO4. The maximum atomic E-state index is 12.0. The van der Waals surface area contributed by atoms with E-state index in [1.807, 2.05) is 25.2 Å². The molecule has 0 unspecified atom stereocenters. The van der Waals surface area contributed by atoms with Crippen molar-refractivity contribution in [1.29, 1.82) is 0 Å². The molecule has 0 N–H and O–H groups in total. The largest absolute Gasteiger partial charge is 0.485 e. The second kappa shape index (κ2) is 6.35. The highest BCUT2D eigenvalue weighted by molar-refractivity contribution is 5.76. The van der Waals surface area contributed by atoms with E-state index in [2.05, 4.69) is 25.7 Å². The molecule has 0 spiro atoms. The number of para-hydroxylation sites is 2. The Bertz CT molecular complexity index is 495. The van der Waals surface area contributed by atoms with Gasteiger partial charge < -0.3 is 14.2 Å². The number of fused-ring (bicyclic) bond motifs is 1. The topological polar surface area (TPSA) is 48.0 Å². The predicted molar refractivity (Wildman–Crippen MR) is 79.7 cm³/mol. The minimum absolute atomic E-state index is 0.0514. The van der Waals surface area contributed by atoms with Crippen LogP contribution >= 0.6 is 0 Å². The van der Waals surface area contributed by atoms with Crippen LogP contribution in [0.1, 0.15) is 20.8 Å². The Balaban J connectivity index is 1.80. The zero-order valence-electron chi connectivity index (χ0n) is 13.1. The third-order valence-corrected chi connectivity index (χ3v) is 3.59. The van der Waals surface area contributed by atoms with Crippen molar-refractivity contribution in [3.05, 3.63) is 24.3 Å². The van der Waals surface area contributed by atoms with Crippen molar-refractivity contribution in [2.24, 2.45) is 0 Å². The number of rotatable bonds is 4. The molecule has 2 rings (SSSR count). The number of ether oxygens (including phenoxy) is 3. The van der Waals surface area contributed by atoms with Crippen LogP contribution in [0.2, 0.25) is 0 Å². The Labute approximate surface area is 125 Å². The molecule has 21 heavy (non-hydrogen) atoms. The van der Waals surface area contributed by atoms with E-state index in [-0.39, 0.29) is 18.1 Å². The smallest absolute Gasteiger partial charge is 0.351 e. The summed E-state index contributed by atoms with van der Waals surface area (Å²) in [5, 5.41) is 0. The molecule has 0 aromatic heterocycles. The molecular weight excluding hydrogens is 270 g/mol. The standard InChI is InChI=1S/C16H23NO4/c1-16(2,3)17(4)9-10-19-15(18)14-11-20-12-7-5-6-8-13(12)21-14/h5-8,14H,9-11H2,1-4H3/t14-/m1/s1. The number of carbonyl (C=O) groups is 1. The first-order valence-corrected chi connectivity index (χ1v) is 7.14. The second-order valence-corrected chi connectivity index (χ2v) is 6.12. The molecule has 1 aliphatic rings. The summed E-state index contributed by atoms with van der Waals surface area (Å²) in [4.78, 5) is 14.1. The lowest BCUT2D eigenvalue weighted by atomic mass is 10.1.